The summed E-state index contributed by atoms with van der Waals surface area (Å²) in [6.07, 6.45) is 6.18. The van der Waals surface area contributed by atoms with Crippen molar-refractivity contribution in [3.63, 3.8) is 0 Å². The molecular weight excluding hydrogens is 252 g/mol. The van der Waals surface area contributed by atoms with E-state index in [9.17, 15) is 4.79 Å². The van der Waals surface area contributed by atoms with Crippen LogP contribution in [0.15, 0.2) is 18.2 Å². The van der Waals surface area contributed by atoms with E-state index >= 15 is 0 Å². The number of nitrogens with two attached hydrogens (primary N) is 1. The van der Waals surface area contributed by atoms with Crippen molar-refractivity contribution in [1.29, 1.82) is 0 Å². The van der Waals surface area contributed by atoms with Crippen LogP contribution in [0.4, 0.5) is 5.69 Å². The minimum Gasteiger partial charge on any atom is -0.372 e. The van der Waals surface area contributed by atoms with Crippen molar-refractivity contribution in [3.05, 3.63) is 29.3 Å². The molecule has 0 radical (unpaired) electrons. The van der Waals surface area contributed by atoms with Crippen LogP contribution in [-0.2, 0) is 22.4 Å². The molecule has 1 aliphatic heterocycles. The summed E-state index contributed by atoms with van der Waals surface area (Å²) in [5, 5.41) is 5.03. The van der Waals surface area contributed by atoms with Crippen LogP contribution in [0.1, 0.15) is 30.4 Å². The smallest absolute Gasteiger partial charge is 0.279 e. The number of quaternary nitrogens is 1. The van der Waals surface area contributed by atoms with Gasteiger partial charge in [0.25, 0.3) is 5.91 Å². The lowest BCUT2D eigenvalue weighted by atomic mass is 10.1. The molecule has 0 unspecified atom stereocenters. The second-order valence-corrected chi connectivity index (χ2v) is 5.75. The lowest BCUT2D eigenvalue weighted by Crippen LogP contribution is -2.88. The van der Waals surface area contributed by atoms with Gasteiger partial charge in [-0.25, -0.2) is 0 Å². The van der Waals surface area contributed by atoms with Gasteiger partial charge in [0.05, 0.1) is 0 Å². The first-order valence-corrected chi connectivity index (χ1v) is 7.66. The molecule has 1 fully saturated rings. The maximum absolute atomic E-state index is 11.9. The van der Waals surface area contributed by atoms with Gasteiger partial charge in [-0.3, -0.25) is 4.79 Å². The van der Waals surface area contributed by atoms with Crippen molar-refractivity contribution < 1.29 is 14.8 Å². The van der Waals surface area contributed by atoms with Crippen LogP contribution < -0.4 is 10.6 Å². The summed E-state index contributed by atoms with van der Waals surface area (Å²) in [6, 6.07) is 6.29. The van der Waals surface area contributed by atoms with Gasteiger partial charge < -0.3 is 15.4 Å². The van der Waals surface area contributed by atoms with Gasteiger partial charge in [-0.1, -0.05) is 6.07 Å². The number of amides is 1. The van der Waals surface area contributed by atoms with Crippen molar-refractivity contribution in [2.75, 3.05) is 25.0 Å². The predicted octanol–water partition coefficient (Wildman–Crippen LogP) is 0.856. The number of aryl methyl sites for hydroxylation is 2. The van der Waals surface area contributed by atoms with Crippen molar-refractivity contribution in [3.8, 4) is 0 Å². The van der Waals surface area contributed by atoms with Gasteiger partial charge in [-0.15, -0.1) is 0 Å². The third kappa shape index (κ3) is 3.38. The van der Waals surface area contributed by atoms with Crippen molar-refractivity contribution in [1.82, 2.24) is 0 Å². The number of rotatable bonds is 5. The number of anilines is 1. The first kappa shape index (κ1) is 13.6. The molecule has 1 aromatic rings. The van der Waals surface area contributed by atoms with E-state index in [1.807, 2.05) is 11.4 Å². The van der Waals surface area contributed by atoms with Gasteiger partial charge in [-0.2, -0.15) is 0 Å². The number of ether oxygens (including phenoxy) is 1. The lowest BCUT2D eigenvalue weighted by molar-refractivity contribution is -0.649. The van der Waals surface area contributed by atoms with E-state index in [0.717, 1.165) is 38.1 Å². The van der Waals surface area contributed by atoms with E-state index in [2.05, 4.69) is 17.4 Å². The molecule has 1 heterocycles. The Morgan fingerprint density at radius 3 is 3.05 bits per heavy atom. The van der Waals surface area contributed by atoms with E-state index in [4.69, 9.17) is 4.74 Å². The molecule has 0 bridgehead atoms. The largest absolute Gasteiger partial charge is 0.372 e. The second-order valence-electron chi connectivity index (χ2n) is 5.75. The number of benzene rings is 1. The fourth-order valence-electron chi connectivity index (χ4n) is 3.09. The summed E-state index contributed by atoms with van der Waals surface area (Å²) in [4.78, 5) is 11.9. The second kappa shape index (κ2) is 6.37. The molecule has 1 aromatic carbocycles. The molecule has 4 heteroatoms. The molecule has 1 aliphatic carbocycles. The van der Waals surface area contributed by atoms with Crippen LogP contribution in [0.3, 0.4) is 0 Å². The highest BCUT2D eigenvalue weighted by Gasteiger charge is 2.17. The number of hydrogen-bond acceptors (Lipinski definition) is 2. The number of carbonyl (C=O) groups excluding carboxylic acids is 1. The molecule has 1 saturated heterocycles. The third-order valence-electron chi connectivity index (χ3n) is 4.17. The van der Waals surface area contributed by atoms with Crippen LogP contribution in [0, 0.1) is 0 Å². The minimum absolute atomic E-state index is 0.0703. The molecule has 0 aromatic heterocycles. The van der Waals surface area contributed by atoms with Gasteiger partial charge in [0.2, 0.25) is 0 Å². The zero-order chi connectivity index (χ0) is 13.8. The average molecular weight is 275 g/mol. The van der Waals surface area contributed by atoms with Crippen LogP contribution >= 0.6 is 0 Å². The average Bonchev–Trinajstić information content (AvgIpc) is 3.08. The Bertz CT molecular complexity index is 481. The number of nitrogens with one attached hydrogen (secondary N) is 1. The highest BCUT2D eigenvalue weighted by atomic mass is 16.5. The van der Waals surface area contributed by atoms with Gasteiger partial charge in [-0.05, 0) is 55.4 Å². The standard InChI is InChI=1S/C16H22N2O2/c19-16(11-17-10-15-5-2-8-20-15)18-14-7-6-12-3-1-4-13(12)9-14/h6-7,9,15,17H,1-5,8,10-11H2,(H,18,19)/p+1/t15-/m0/s1. The molecule has 3 rings (SSSR count). The summed E-state index contributed by atoms with van der Waals surface area (Å²) in [7, 11) is 0. The van der Waals surface area contributed by atoms with Crippen LogP contribution in [0.2, 0.25) is 0 Å². The fourth-order valence-corrected chi connectivity index (χ4v) is 3.09. The van der Waals surface area contributed by atoms with E-state index in [-0.39, 0.29) is 5.91 Å². The van der Waals surface area contributed by atoms with E-state index < -0.39 is 0 Å². The molecule has 1 amide bonds. The Kier molecular flexibility index (Phi) is 4.33. The molecule has 0 saturated carbocycles. The van der Waals surface area contributed by atoms with Gasteiger partial charge in [0, 0.05) is 12.3 Å². The normalized spacial score (nSPS) is 20.9. The van der Waals surface area contributed by atoms with Gasteiger partial charge in [0.15, 0.2) is 6.54 Å². The molecule has 2 aliphatic rings. The maximum Gasteiger partial charge on any atom is 0.279 e. The zero-order valence-corrected chi connectivity index (χ0v) is 11.9. The summed E-state index contributed by atoms with van der Waals surface area (Å²) in [5.74, 6) is 0.0703. The van der Waals surface area contributed by atoms with Crippen molar-refractivity contribution >= 4 is 11.6 Å². The van der Waals surface area contributed by atoms with Gasteiger partial charge in [0.1, 0.15) is 12.6 Å². The number of carbonyl (C=O) groups is 1. The molecule has 20 heavy (non-hydrogen) atoms. The molecule has 1 atom stereocenters. The maximum atomic E-state index is 11.9. The topological polar surface area (TPSA) is 54.9 Å². The Hall–Kier alpha value is -1.39. The quantitative estimate of drug-likeness (QED) is 0.837. The van der Waals surface area contributed by atoms with Crippen LogP contribution in [-0.4, -0.2) is 31.7 Å². The van der Waals surface area contributed by atoms with E-state index in [1.54, 1.807) is 0 Å². The Labute approximate surface area is 119 Å². The highest BCUT2D eigenvalue weighted by Crippen LogP contribution is 2.24. The Morgan fingerprint density at radius 2 is 2.20 bits per heavy atom. The fraction of sp³-hybridized carbons (Fsp3) is 0.562. The molecule has 0 spiro atoms. The Balaban J connectivity index is 1.44. The monoisotopic (exact) mass is 275 g/mol. The third-order valence-corrected chi connectivity index (χ3v) is 4.17. The van der Waals surface area contributed by atoms with Crippen LogP contribution in [0.5, 0.6) is 0 Å². The van der Waals surface area contributed by atoms with Crippen LogP contribution in [0.25, 0.3) is 0 Å². The molecule has 4 nitrogen and oxygen atoms in total. The summed E-state index contributed by atoms with van der Waals surface area (Å²) >= 11 is 0. The van der Waals surface area contributed by atoms with Gasteiger partial charge >= 0.3 is 0 Å². The van der Waals surface area contributed by atoms with E-state index in [0.29, 0.717) is 12.6 Å². The van der Waals surface area contributed by atoms with Crippen molar-refractivity contribution in [2.45, 2.75) is 38.2 Å². The molecular formula is C16H23N2O2+. The predicted molar refractivity (Wildman–Crippen MR) is 77.7 cm³/mol. The molecule has 3 N–H and O–H groups in total. The highest BCUT2D eigenvalue weighted by molar-refractivity contribution is 5.91. The zero-order valence-electron chi connectivity index (χ0n) is 11.9. The number of fused-ring (bicyclic) bond motifs is 1. The minimum atomic E-state index is 0.0703. The van der Waals surface area contributed by atoms with E-state index in [1.165, 1.54) is 24.0 Å². The summed E-state index contributed by atoms with van der Waals surface area (Å²) in [5.41, 5.74) is 3.76. The SMILES string of the molecule is O=C(C[NH2+]C[C@@H]1CCCO1)Nc1ccc2c(c1)CCC2. The first-order chi connectivity index (χ1) is 9.81. The first-order valence-electron chi connectivity index (χ1n) is 7.66. The van der Waals surface area contributed by atoms with Crippen molar-refractivity contribution in [2.24, 2.45) is 0 Å². The summed E-state index contributed by atoms with van der Waals surface area (Å²) < 4.78 is 5.54. The lowest BCUT2D eigenvalue weighted by Gasteiger charge is -2.09. The summed E-state index contributed by atoms with van der Waals surface area (Å²) in [6.45, 7) is 2.23. The number of hydrogen-bond donors (Lipinski definition) is 2. The molecule has 108 valence electrons. The Morgan fingerprint density at radius 1 is 1.30 bits per heavy atom.